The number of aromatic nitrogens is 1. The summed E-state index contributed by atoms with van der Waals surface area (Å²) in [5.74, 6) is 5.48. The molecular formula is C10H10BNO. The average Bonchev–Trinajstić information content (AvgIpc) is 2.02. The van der Waals surface area contributed by atoms with E-state index in [9.17, 15) is 5.11 Å². The third kappa shape index (κ3) is 3.77. The first kappa shape index (κ1) is 9.82. The van der Waals surface area contributed by atoms with Crippen LogP contribution >= 0.6 is 0 Å². The Morgan fingerprint density at radius 3 is 2.62 bits per heavy atom. The molecule has 1 heterocycles. The summed E-state index contributed by atoms with van der Waals surface area (Å²) in [6.07, 6.45) is 1.58. The Hall–Kier alpha value is -1.27. The number of rotatable bonds is 0. The van der Waals surface area contributed by atoms with E-state index in [0.29, 0.717) is 5.59 Å². The lowest BCUT2D eigenvalue weighted by molar-refractivity contribution is 0.143. The van der Waals surface area contributed by atoms with Gasteiger partial charge in [0.1, 0.15) is 13.4 Å². The van der Waals surface area contributed by atoms with Crippen molar-refractivity contribution in [1.82, 2.24) is 4.98 Å². The molecule has 1 aromatic rings. The first-order valence-corrected chi connectivity index (χ1v) is 3.94. The van der Waals surface area contributed by atoms with E-state index in [1.165, 1.54) is 0 Å². The van der Waals surface area contributed by atoms with E-state index in [4.69, 9.17) is 7.85 Å². The molecule has 1 rings (SSSR count). The monoisotopic (exact) mass is 171 g/mol. The van der Waals surface area contributed by atoms with Gasteiger partial charge in [0.2, 0.25) is 0 Å². The Labute approximate surface area is 79.4 Å². The molecule has 0 spiro atoms. The molecule has 0 atom stereocenters. The van der Waals surface area contributed by atoms with E-state index in [1.807, 2.05) is 0 Å². The van der Waals surface area contributed by atoms with Gasteiger partial charge in [-0.25, -0.2) is 0 Å². The lowest BCUT2D eigenvalue weighted by Crippen LogP contribution is -2.14. The third-order valence-corrected chi connectivity index (χ3v) is 1.30. The van der Waals surface area contributed by atoms with E-state index in [-0.39, 0.29) is 0 Å². The van der Waals surface area contributed by atoms with Gasteiger partial charge in [-0.15, -0.1) is 0 Å². The van der Waals surface area contributed by atoms with Crippen LogP contribution in [-0.2, 0) is 0 Å². The van der Waals surface area contributed by atoms with Gasteiger partial charge in [0.15, 0.2) is 0 Å². The molecule has 1 N–H and O–H groups in total. The fourth-order valence-corrected chi connectivity index (χ4v) is 0.704. The van der Waals surface area contributed by atoms with Crippen LogP contribution in [0.4, 0.5) is 0 Å². The Morgan fingerprint density at radius 2 is 2.15 bits per heavy atom. The van der Waals surface area contributed by atoms with Crippen LogP contribution in [0.3, 0.4) is 0 Å². The lowest BCUT2D eigenvalue weighted by Gasteiger charge is -2.05. The Balaban J connectivity index is 2.85. The maximum absolute atomic E-state index is 9.31. The lowest BCUT2D eigenvalue weighted by atomic mass is 10.0. The summed E-state index contributed by atoms with van der Waals surface area (Å²) >= 11 is 0. The minimum atomic E-state index is -0.971. The van der Waals surface area contributed by atoms with Crippen molar-refractivity contribution in [2.45, 2.75) is 19.4 Å². The van der Waals surface area contributed by atoms with E-state index >= 15 is 0 Å². The average molecular weight is 171 g/mol. The molecular weight excluding hydrogens is 161 g/mol. The predicted octanol–water partition coefficient (Wildman–Crippen LogP) is -0.00220. The van der Waals surface area contributed by atoms with Crippen LogP contribution in [0.5, 0.6) is 0 Å². The van der Waals surface area contributed by atoms with Crippen molar-refractivity contribution in [3.8, 4) is 11.8 Å². The van der Waals surface area contributed by atoms with Gasteiger partial charge >= 0.3 is 0 Å². The molecule has 13 heavy (non-hydrogen) atoms. The van der Waals surface area contributed by atoms with Gasteiger partial charge in [-0.1, -0.05) is 17.9 Å². The highest BCUT2D eigenvalue weighted by Gasteiger charge is 2.05. The summed E-state index contributed by atoms with van der Waals surface area (Å²) in [6.45, 7) is 3.26. The van der Waals surface area contributed by atoms with E-state index in [1.54, 1.807) is 32.2 Å². The summed E-state index contributed by atoms with van der Waals surface area (Å²) in [7, 11) is 5.40. The largest absolute Gasteiger partial charge is 0.378 e. The molecule has 1 aromatic heterocycles. The summed E-state index contributed by atoms with van der Waals surface area (Å²) in [5, 5.41) is 9.31. The molecule has 0 saturated heterocycles. The zero-order chi connectivity index (χ0) is 9.90. The van der Waals surface area contributed by atoms with Crippen molar-refractivity contribution in [3.63, 3.8) is 0 Å². The van der Waals surface area contributed by atoms with E-state index < -0.39 is 5.60 Å². The SMILES string of the molecule is [B]c1ccc(C#CC(C)(C)O)cn1. The summed E-state index contributed by atoms with van der Waals surface area (Å²) in [4.78, 5) is 3.87. The predicted molar refractivity (Wildman–Crippen MR) is 52.8 cm³/mol. The number of pyridine rings is 1. The Bertz CT molecular complexity index is 340. The third-order valence-electron chi connectivity index (χ3n) is 1.30. The standard InChI is InChI=1S/C10H10BNO/c1-10(2,13)6-5-8-3-4-9(11)12-7-8/h3-4,7,13H,1-2H3. The van der Waals surface area contributed by atoms with Crippen molar-refractivity contribution in [1.29, 1.82) is 0 Å². The second-order valence-electron chi connectivity index (χ2n) is 3.28. The molecule has 0 amide bonds. The van der Waals surface area contributed by atoms with E-state index in [0.717, 1.165) is 5.56 Å². The molecule has 0 bridgehead atoms. The molecule has 0 aromatic carbocycles. The first-order chi connectivity index (χ1) is 5.97. The number of aliphatic hydroxyl groups is 1. The van der Waals surface area contributed by atoms with E-state index in [2.05, 4.69) is 16.8 Å². The summed E-state index contributed by atoms with van der Waals surface area (Å²) in [5.41, 5.74) is 0.242. The van der Waals surface area contributed by atoms with Gasteiger partial charge in [-0.05, 0) is 25.5 Å². The van der Waals surface area contributed by atoms with Gasteiger partial charge in [0.25, 0.3) is 0 Å². The fraction of sp³-hybridized carbons (Fsp3) is 0.300. The molecule has 2 nitrogen and oxygen atoms in total. The Morgan fingerprint density at radius 1 is 1.46 bits per heavy atom. The number of hydrogen-bond acceptors (Lipinski definition) is 2. The molecule has 3 heteroatoms. The quantitative estimate of drug-likeness (QED) is 0.440. The highest BCUT2D eigenvalue weighted by molar-refractivity contribution is 6.30. The van der Waals surface area contributed by atoms with Crippen LogP contribution in [0.2, 0.25) is 0 Å². The highest BCUT2D eigenvalue weighted by Crippen LogP contribution is 1.98. The van der Waals surface area contributed by atoms with Crippen molar-refractivity contribution in [2.75, 3.05) is 0 Å². The van der Waals surface area contributed by atoms with Gasteiger partial charge in [-0.2, -0.15) is 0 Å². The van der Waals surface area contributed by atoms with Crippen LogP contribution in [-0.4, -0.2) is 23.5 Å². The van der Waals surface area contributed by atoms with Crippen molar-refractivity contribution >= 4 is 13.4 Å². The van der Waals surface area contributed by atoms with Gasteiger partial charge < -0.3 is 5.11 Å². The molecule has 2 radical (unpaired) electrons. The summed E-state index contributed by atoms with van der Waals surface area (Å²) < 4.78 is 0. The maximum Gasteiger partial charge on any atom is 0.141 e. The molecule has 0 aliphatic heterocycles. The van der Waals surface area contributed by atoms with Crippen molar-refractivity contribution < 1.29 is 5.11 Å². The summed E-state index contributed by atoms with van der Waals surface area (Å²) in [6, 6.07) is 3.44. The minimum absolute atomic E-state index is 0.466. The second kappa shape index (κ2) is 3.63. The number of hydrogen-bond donors (Lipinski definition) is 1. The topological polar surface area (TPSA) is 33.1 Å². The van der Waals surface area contributed by atoms with Crippen LogP contribution in [0.15, 0.2) is 18.3 Å². The zero-order valence-electron chi connectivity index (χ0n) is 7.70. The minimum Gasteiger partial charge on any atom is -0.378 e. The normalized spacial score (nSPS) is 10.4. The van der Waals surface area contributed by atoms with Gasteiger partial charge in [0.05, 0.1) is 0 Å². The van der Waals surface area contributed by atoms with Crippen LogP contribution in [0.1, 0.15) is 19.4 Å². The molecule has 0 unspecified atom stereocenters. The molecule has 0 saturated carbocycles. The first-order valence-electron chi connectivity index (χ1n) is 3.94. The van der Waals surface area contributed by atoms with Crippen molar-refractivity contribution in [3.05, 3.63) is 23.9 Å². The second-order valence-corrected chi connectivity index (χ2v) is 3.28. The fourth-order valence-electron chi connectivity index (χ4n) is 0.704. The Kier molecular flexibility index (Phi) is 2.74. The van der Waals surface area contributed by atoms with Crippen molar-refractivity contribution in [2.24, 2.45) is 0 Å². The maximum atomic E-state index is 9.31. The van der Waals surface area contributed by atoms with Crippen LogP contribution < -0.4 is 5.59 Å². The van der Waals surface area contributed by atoms with Crippen LogP contribution in [0, 0.1) is 11.8 Å². The van der Waals surface area contributed by atoms with Gasteiger partial charge in [-0.3, -0.25) is 4.98 Å². The molecule has 0 aliphatic rings. The smallest absolute Gasteiger partial charge is 0.141 e. The zero-order valence-corrected chi connectivity index (χ0v) is 7.70. The molecule has 0 fully saturated rings. The van der Waals surface area contributed by atoms with Crippen LogP contribution in [0.25, 0.3) is 0 Å². The molecule has 64 valence electrons. The number of nitrogens with zero attached hydrogens (tertiary/aromatic N) is 1. The highest BCUT2D eigenvalue weighted by atomic mass is 16.3. The molecule has 0 aliphatic carbocycles. The van der Waals surface area contributed by atoms with Gasteiger partial charge in [0, 0.05) is 11.8 Å².